The van der Waals surface area contributed by atoms with E-state index in [9.17, 15) is 22.8 Å². The Morgan fingerprint density at radius 2 is 2.04 bits per heavy atom. The molecule has 8 heteroatoms. The van der Waals surface area contributed by atoms with Crippen LogP contribution in [-0.2, 0) is 20.5 Å². The average molecular weight is 354 g/mol. The second-order valence-corrected chi connectivity index (χ2v) is 6.99. The molecule has 1 aromatic carbocycles. The Kier molecular flexibility index (Phi) is 3.19. The Hall–Kier alpha value is -1.93. The van der Waals surface area contributed by atoms with Gasteiger partial charge in [-0.2, -0.15) is 13.2 Å². The number of likely N-dealkylation sites (N-methyl/N-ethyl adjacent to an activating group) is 1. The van der Waals surface area contributed by atoms with Crippen molar-refractivity contribution in [3.05, 3.63) is 29.8 Å². The SMILES string of the molecule is CN[C@@]12C(=O)N(c3cccc(C(F)(F)F)c3)C(=O)C1C1CCC2(C)O1. The molecule has 2 amide bonds. The van der Waals surface area contributed by atoms with Gasteiger partial charge in [0.2, 0.25) is 5.91 Å². The van der Waals surface area contributed by atoms with Crippen molar-refractivity contribution in [3.63, 3.8) is 0 Å². The first-order chi connectivity index (χ1) is 11.7. The molecule has 3 unspecified atom stereocenters. The molecule has 5 nitrogen and oxygen atoms in total. The lowest BCUT2D eigenvalue weighted by Gasteiger charge is -2.39. The van der Waals surface area contributed by atoms with Crippen LogP contribution in [0.25, 0.3) is 0 Å². The molecule has 3 heterocycles. The fourth-order valence-electron chi connectivity index (χ4n) is 4.71. The van der Waals surface area contributed by atoms with Crippen LogP contribution in [-0.4, -0.2) is 36.1 Å². The third kappa shape index (κ3) is 1.86. The Balaban J connectivity index is 1.82. The lowest BCUT2D eigenvalue weighted by molar-refractivity contribution is -0.138. The van der Waals surface area contributed by atoms with Crippen molar-refractivity contribution in [1.29, 1.82) is 0 Å². The summed E-state index contributed by atoms with van der Waals surface area (Å²) in [6.07, 6.45) is -3.68. The van der Waals surface area contributed by atoms with Crippen LogP contribution in [0, 0.1) is 5.92 Å². The van der Waals surface area contributed by atoms with E-state index in [1.54, 1.807) is 14.0 Å². The monoisotopic (exact) mass is 354 g/mol. The van der Waals surface area contributed by atoms with Gasteiger partial charge in [0.25, 0.3) is 5.91 Å². The highest BCUT2D eigenvalue weighted by atomic mass is 19.4. The van der Waals surface area contributed by atoms with Crippen molar-refractivity contribution in [2.75, 3.05) is 11.9 Å². The highest BCUT2D eigenvalue weighted by Crippen LogP contribution is 2.58. The predicted molar refractivity (Wildman–Crippen MR) is 81.7 cm³/mol. The minimum Gasteiger partial charge on any atom is -0.369 e. The predicted octanol–water partition coefficient (Wildman–Crippen LogP) is 2.10. The summed E-state index contributed by atoms with van der Waals surface area (Å²) >= 11 is 0. The molecule has 2 bridgehead atoms. The van der Waals surface area contributed by atoms with Crippen molar-refractivity contribution < 1.29 is 27.5 Å². The molecule has 0 spiro atoms. The van der Waals surface area contributed by atoms with E-state index in [0.29, 0.717) is 12.8 Å². The second kappa shape index (κ2) is 4.82. The summed E-state index contributed by atoms with van der Waals surface area (Å²) in [6.45, 7) is 1.78. The van der Waals surface area contributed by atoms with E-state index in [1.165, 1.54) is 12.1 Å². The van der Waals surface area contributed by atoms with Crippen LogP contribution in [0.15, 0.2) is 24.3 Å². The molecular weight excluding hydrogens is 337 g/mol. The number of halogens is 3. The van der Waals surface area contributed by atoms with Gasteiger partial charge in [0.05, 0.1) is 28.9 Å². The Morgan fingerprint density at radius 1 is 1.32 bits per heavy atom. The van der Waals surface area contributed by atoms with E-state index in [4.69, 9.17) is 4.74 Å². The second-order valence-electron chi connectivity index (χ2n) is 6.99. The van der Waals surface area contributed by atoms with Crippen LogP contribution in [0.1, 0.15) is 25.3 Å². The normalized spacial score (nSPS) is 37.1. The molecule has 1 aromatic rings. The van der Waals surface area contributed by atoms with Gasteiger partial charge in [0.15, 0.2) is 0 Å². The van der Waals surface area contributed by atoms with Gasteiger partial charge in [-0.1, -0.05) is 6.07 Å². The Bertz CT molecular complexity index is 781. The average Bonchev–Trinajstić information content (AvgIpc) is 3.13. The number of benzene rings is 1. The summed E-state index contributed by atoms with van der Waals surface area (Å²) in [5.74, 6) is -1.78. The molecule has 3 aliphatic rings. The van der Waals surface area contributed by atoms with Crippen LogP contribution >= 0.6 is 0 Å². The molecule has 3 fully saturated rings. The minimum atomic E-state index is -4.55. The van der Waals surface area contributed by atoms with E-state index < -0.39 is 46.7 Å². The first kappa shape index (κ1) is 16.5. The van der Waals surface area contributed by atoms with Gasteiger partial charge in [-0.3, -0.25) is 9.59 Å². The number of alkyl halides is 3. The third-order valence-electron chi connectivity index (χ3n) is 5.84. The van der Waals surface area contributed by atoms with Gasteiger partial charge in [-0.15, -0.1) is 0 Å². The first-order valence-electron chi connectivity index (χ1n) is 8.08. The largest absolute Gasteiger partial charge is 0.416 e. The highest BCUT2D eigenvalue weighted by molar-refractivity contribution is 6.26. The molecule has 0 saturated carbocycles. The fraction of sp³-hybridized carbons (Fsp3) is 0.529. The number of hydrogen-bond acceptors (Lipinski definition) is 4. The zero-order chi connectivity index (χ0) is 18.2. The molecule has 0 aromatic heterocycles. The maximum Gasteiger partial charge on any atom is 0.416 e. The summed E-state index contributed by atoms with van der Waals surface area (Å²) in [6, 6.07) is 4.30. The maximum atomic E-state index is 13.2. The van der Waals surface area contributed by atoms with Gasteiger partial charge in [0, 0.05) is 0 Å². The van der Waals surface area contributed by atoms with Gasteiger partial charge >= 0.3 is 6.18 Å². The summed E-state index contributed by atoms with van der Waals surface area (Å²) in [5, 5.41) is 2.98. The maximum absolute atomic E-state index is 13.2. The summed E-state index contributed by atoms with van der Waals surface area (Å²) in [4.78, 5) is 27.0. The van der Waals surface area contributed by atoms with Crippen LogP contribution in [0.4, 0.5) is 18.9 Å². The molecule has 1 N–H and O–H groups in total. The van der Waals surface area contributed by atoms with Crippen molar-refractivity contribution in [3.8, 4) is 0 Å². The lowest BCUT2D eigenvalue weighted by atomic mass is 9.67. The van der Waals surface area contributed by atoms with Gasteiger partial charge in [-0.05, 0) is 45.0 Å². The van der Waals surface area contributed by atoms with Crippen LogP contribution < -0.4 is 10.2 Å². The Labute approximate surface area is 142 Å². The van der Waals surface area contributed by atoms with Crippen molar-refractivity contribution in [1.82, 2.24) is 5.32 Å². The lowest BCUT2D eigenvalue weighted by Crippen LogP contribution is -2.65. The molecular formula is C17H17F3N2O3. The number of rotatable bonds is 2. The number of nitrogens with zero attached hydrogens (tertiary/aromatic N) is 1. The number of imide groups is 1. The molecule has 4 rings (SSSR count). The fourth-order valence-corrected chi connectivity index (χ4v) is 4.71. The molecule has 4 atom stereocenters. The van der Waals surface area contributed by atoms with Crippen molar-refractivity contribution in [2.45, 2.75) is 43.2 Å². The number of hydrogen-bond donors (Lipinski definition) is 1. The van der Waals surface area contributed by atoms with E-state index >= 15 is 0 Å². The number of amides is 2. The topological polar surface area (TPSA) is 58.6 Å². The zero-order valence-corrected chi connectivity index (χ0v) is 13.7. The zero-order valence-electron chi connectivity index (χ0n) is 13.7. The van der Waals surface area contributed by atoms with Crippen molar-refractivity contribution in [2.24, 2.45) is 5.92 Å². The number of anilines is 1. The number of carbonyl (C=O) groups excluding carboxylic acids is 2. The number of carbonyl (C=O) groups is 2. The molecule has 3 saturated heterocycles. The van der Waals surface area contributed by atoms with Crippen LogP contribution in [0.3, 0.4) is 0 Å². The Morgan fingerprint density at radius 3 is 2.64 bits per heavy atom. The van der Waals surface area contributed by atoms with Crippen molar-refractivity contribution >= 4 is 17.5 Å². The van der Waals surface area contributed by atoms with E-state index in [-0.39, 0.29) is 5.69 Å². The van der Waals surface area contributed by atoms with Gasteiger partial charge < -0.3 is 10.1 Å². The summed E-state index contributed by atoms with van der Waals surface area (Å²) < 4.78 is 44.9. The molecule has 0 aliphatic carbocycles. The smallest absolute Gasteiger partial charge is 0.369 e. The van der Waals surface area contributed by atoms with Gasteiger partial charge in [0.1, 0.15) is 5.54 Å². The van der Waals surface area contributed by atoms with E-state index in [2.05, 4.69) is 5.32 Å². The van der Waals surface area contributed by atoms with Crippen LogP contribution in [0.2, 0.25) is 0 Å². The molecule has 25 heavy (non-hydrogen) atoms. The minimum absolute atomic E-state index is 0.0585. The number of fused-ring (bicyclic) bond motifs is 5. The quantitative estimate of drug-likeness (QED) is 0.827. The summed E-state index contributed by atoms with van der Waals surface area (Å²) in [7, 11) is 1.59. The summed E-state index contributed by atoms with van der Waals surface area (Å²) in [5.41, 5.74) is -3.04. The number of ether oxygens (including phenoxy) is 1. The number of nitrogens with one attached hydrogen (secondary N) is 1. The van der Waals surface area contributed by atoms with Crippen LogP contribution in [0.5, 0.6) is 0 Å². The standard InChI is InChI=1S/C17H17F3N2O3/c1-15-7-6-11(25-15)12-13(23)22(14(24)16(12,15)21-2)10-5-3-4-9(8-10)17(18,19)20/h3-5,8,11-12,21H,6-7H2,1-2H3/t11?,12?,15?,16-/m1/s1. The van der Waals surface area contributed by atoms with E-state index in [1.807, 2.05) is 0 Å². The first-order valence-corrected chi connectivity index (χ1v) is 8.08. The third-order valence-corrected chi connectivity index (χ3v) is 5.84. The molecule has 3 aliphatic heterocycles. The molecule has 0 radical (unpaired) electrons. The highest BCUT2D eigenvalue weighted by Gasteiger charge is 2.77. The molecule has 134 valence electrons. The van der Waals surface area contributed by atoms with E-state index in [0.717, 1.165) is 17.0 Å². The van der Waals surface area contributed by atoms with Gasteiger partial charge in [-0.25, -0.2) is 4.90 Å².